The standard InChI is InChI=1S/C21H25ClN2O3/c1-3-21(4-2,20(26)27)14-23-13-15-6-5-7-18(12-15)24-19(25)16-8-10-17(22)11-9-16/h5-12,23H,3-4,13-14H2,1-2H3,(H,24,25)(H,26,27). The summed E-state index contributed by atoms with van der Waals surface area (Å²) < 4.78 is 0. The summed E-state index contributed by atoms with van der Waals surface area (Å²) in [5.41, 5.74) is 1.43. The first kappa shape index (κ1) is 20.9. The predicted octanol–water partition coefficient (Wildman–Crippen LogP) is 4.57. The summed E-state index contributed by atoms with van der Waals surface area (Å²) in [4.78, 5) is 23.9. The van der Waals surface area contributed by atoms with Gasteiger partial charge in [0.15, 0.2) is 0 Å². The van der Waals surface area contributed by atoms with Gasteiger partial charge in [-0.2, -0.15) is 0 Å². The molecule has 0 radical (unpaired) electrons. The largest absolute Gasteiger partial charge is 0.481 e. The zero-order valence-electron chi connectivity index (χ0n) is 15.6. The third kappa shape index (κ3) is 5.55. The molecular weight excluding hydrogens is 364 g/mol. The van der Waals surface area contributed by atoms with Gasteiger partial charge >= 0.3 is 5.97 Å². The Bertz CT molecular complexity index is 786. The van der Waals surface area contributed by atoms with Crippen LogP contribution in [0, 0.1) is 5.41 Å². The summed E-state index contributed by atoms with van der Waals surface area (Å²) in [7, 11) is 0. The fraction of sp³-hybridized carbons (Fsp3) is 0.333. The number of carboxylic acid groups (broad SMARTS) is 1. The number of rotatable bonds is 9. The third-order valence-corrected chi connectivity index (χ3v) is 5.14. The first-order valence-corrected chi connectivity index (χ1v) is 9.38. The van der Waals surface area contributed by atoms with Crippen LogP contribution in [0.5, 0.6) is 0 Å². The quantitative estimate of drug-likeness (QED) is 0.587. The van der Waals surface area contributed by atoms with E-state index >= 15 is 0 Å². The minimum absolute atomic E-state index is 0.210. The van der Waals surface area contributed by atoms with Crippen LogP contribution in [0.3, 0.4) is 0 Å². The molecule has 0 aromatic heterocycles. The second-order valence-electron chi connectivity index (χ2n) is 6.56. The van der Waals surface area contributed by atoms with Gasteiger partial charge in [-0.1, -0.05) is 37.6 Å². The molecule has 0 unspecified atom stereocenters. The molecule has 2 aromatic carbocycles. The summed E-state index contributed by atoms with van der Waals surface area (Å²) in [6, 6.07) is 14.2. The van der Waals surface area contributed by atoms with E-state index in [4.69, 9.17) is 11.6 Å². The Morgan fingerprint density at radius 2 is 1.74 bits per heavy atom. The van der Waals surface area contributed by atoms with E-state index in [1.165, 1.54) is 0 Å². The molecule has 0 atom stereocenters. The maximum Gasteiger partial charge on any atom is 0.310 e. The van der Waals surface area contributed by atoms with Crippen molar-refractivity contribution in [3.63, 3.8) is 0 Å². The van der Waals surface area contributed by atoms with Crippen molar-refractivity contribution in [1.82, 2.24) is 5.32 Å². The van der Waals surface area contributed by atoms with Gasteiger partial charge in [-0.15, -0.1) is 0 Å². The Kier molecular flexibility index (Phi) is 7.39. The van der Waals surface area contributed by atoms with E-state index in [-0.39, 0.29) is 5.91 Å². The lowest BCUT2D eigenvalue weighted by atomic mass is 9.82. The molecule has 0 bridgehead atoms. The van der Waals surface area contributed by atoms with Gasteiger partial charge in [-0.3, -0.25) is 9.59 Å². The number of hydrogen-bond donors (Lipinski definition) is 3. The van der Waals surface area contributed by atoms with Crippen molar-refractivity contribution in [3.8, 4) is 0 Å². The average Bonchev–Trinajstić information content (AvgIpc) is 2.66. The molecule has 3 N–H and O–H groups in total. The van der Waals surface area contributed by atoms with Gasteiger partial charge < -0.3 is 15.7 Å². The van der Waals surface area contributed by atoms with Crippen LogP contribution >= 0.6 is 11.6 Å². The number of carbonyl (C=O) groups excluding carboxylic acids is 1. The highest BCUT2D eigenvalue weighted by Gasteiger charge is 2.34. The molecule has 0 fully saturated rings. The van der Waals surface area contributed by atoms with Crippen molar-refractivity contribution in [2.45, 2.75) is 33.2 Å². The zero-order valence-corrected chi connectivity index (χ0v) is 16.3. The monoisotopic (exact) mass is 388 g/mol. The molecule has 0 aliphatic carbocycles. The van der Waals surface area contributed by atoms with E-state index in [1.807, 2.05) is 38.1 Å². The van der Waals surface area contributed by atoms with E-state index in [2.05, 4.69) is 10.6 Å². The molecule has 0 aliphatic heterocycles. The number of hydrogen-bond acceptors (Lipinski definition) is 3. The topological polar surface area (TPSA) is 78.4 Å². The normalized spacial score (nSPS) is 11.2. The molecular formula is C21H25ClN2O3. The van der Waals surface area contributed by atoms with E-state index in [0.717, 1.165) is 5.56 Å². The Morgan fingerprint density at radius 1 is 1.07 bits per heavy atom. The molecule has 2 rings (SSSR count). The molecule has 0 spiro atoms. The van der Waals surface area contributed by atoms with Gasteiger partial charge in [0.25, 0.3) is 5.91 Å². The molecule has 0 saturated heterocycles. The lowest BCUT2D eigenvalue weighted by Crippen LogP contribution is -2.40. The second kappa shape index (κ2) is 9.53. The van der Waals surface area contributed by atoms with Crippen LogP contribution in [0.25, 0.3) is 0 Å². The van der Waals surface area contributed by atoms with Crippen molar-refractivity contribution in [1.29, 1.82) is 0 Å². The van der Waals surface area contributed by atoms with Crippen molar-refractivity contribution in [2.75, 3.05) is 11.9 Å². The molecule has 0 saturated carbocycles. The number of nitrogens with one attached hydrogen (secondary N) is 2. The number of aliphatic carboxylic acids is 1. The van der Waals surface area contributed by atoms with Crippen LogP contribution in [0.2, 0.25) is 5.02 Å². The van der Waals surface area contributed by atoms with Crippen LogP contribution in [0.1, 0.15) is 42.6 Å². The number of benzene rings is 2. The molecule has 27 heavy (non-hydrogen) atoms. The van der Waals surface area contributed by atoms with Gasteiger partial charge in [0.2, 0.25) is 0 Å². The van der Waals surface area contributed by atoms with Crippen molar-refractivity contribution in [3.05, 3.63) is 64.7 Å². The lowest BCUT2D eigenvalue weighted by molar-refractivity contribution is -0.149. The van der Waals surface area contributed by atoms with Crippen molar-refractivity contribution >= 4 is 29.2 Å². The van der Waals surface area contributed by atoms with Gasteiger partial charge in [-0.05, 0) is 54.8 Å². The molecule has 0 heterocycles. The number of carboxylic acids is 1. The van der Waals surface area contributed by atoms with E-state index in [0.29, 0.717) is 42.2 Å². The van der Waals surface area contributed by atoms with Gasteiger partial charge in [0, 0.05) is 29.4 Å². The first-order chi connectivity index (χ1) is 12.9. The predicted molar refractivity (Wildman–Crippen MR) is 108 cm³/mol. The van der Waals surface area contributed by atoms with Crippen LogP contribution in [-0.2, 0) is 11.3 Å². The first-order valence-electron chi connectivity index (χ1n) is 9.00. The van der Waals surface area contributed by atoms with Crippen LogP contribution in [-0.4, -0.2) is 23.5 Å². The number of amides is 1. The van der Waals surface area contributed by atoms with Crippen molar-refractivity contribution < 1.29 is 14.7 Å². The molecule has 144 valence electrons. The van der Waals surface area contributed by atoms with Crippen LogP contribution < -0.4 is 10.6 Å². The fourth-order valence-electron chi connectivity index (χ4n) is 2.89. The molecule has 0 aliphatic rings. The fourth-order valence-corrected chi connectivity index (χ4v) is 3.01. The zero-order chi connectivity index (χ0) is 19.9. The van der Waals surface area contributed by atoms with Crippen molar-refractivity contribution in [2.24, 2.45) is 5.41 Å². The highest BCUT2D eigenvalue weighted by atomic mass is 35.5. The lowest BCUT2D eigenvalue weighted by Gasteiger charge is -2.27. The number of anilines is 1. The molecule has 2 aromatic rings. The summed E-state index contributed by atoms with van der Waals surface area (Å²) in [5.74, 6) is -0.984. The summed E-state index contributed by atoms with van der Waals surface area (Å²) in [5, 5.41) is 16.2. The van der Waals surface area contributed by atoms with Gasteiger partial charge in [0.05, 0.1) is 5.41 Å². The third-order valence-electron chi connectivity index (χ3n) is 4.89. The van der Waals surface area contributed by atoms with E-state index in [9.17, 15) is 14.7 Å². The minimum Gasteiger partial charge on any atom is -0.481 e. The summed E-state index contributed by atoms with van der Waals surface area (Å²) >= 11 is 5.84. The smallest absolute Gasteiger partial charge is 0.310 e. The number of carbonyl (C=O) groups is 2. The maximum absolute atomic E-state index is 12.3. The van der Waals surface area contributed by atoms with E-state index < -0.39 is 11.4 Å². The second-order valence-corrected chi connectivity index (χ2v) is 6.99. The molecule has 1 amide bonds. The van der Waals surface area contributed by atoms with Crippen LogP contribution in [0.4, 0.5) is 5.69 Å². The Morgan fingerprint density at radius 3 is 2.33 bits per heavy atom. The summed E-state index contributed by atoms with van der Waals surface area (Å²) in [6.45, 7) is 4.72. The average molecular weight is 389 g/mol. The molecule has 6 heteroatoms. The van der Waals surface area contributed by atoms with E-state index in [1.54, 1.807) is 24.3 Å². The highest BCUT2D eigenvalue weighted by molar-refractivity contribution is 6.30. The maximum atomic E-state index is 12.3. The van der Waals surface area contributed by atoms with Gasteiger partial charge in [-0.25, -0.2) is 0 Å². The Balaban J connectivity index is 1.98. The number of halogens is 1. The molecule has 5 nitrogen and oxygen atoms in total. The highest BCUT2D eigenvalue weighted by Crippen LogP contribution is 2.26. The Hall–Kier alpha value is -2.37. The summed E-state index contributed by atoms with van der Waals surface area (Å²) in [6.07, 6.45) is 1.14. The van der Waals surface area contributed by atoms with Gasteiger partial charge in [0.1, 0.15) is 0 Å². The minimum atomic E-state index is -0.774. The van der Waals surface area contributed by atoms with Crippen LogP contribution in [0.15, 0.2) is 48.5 Å². The SMILES string of the molecule is CCC(CC)(CNCc1cccc(NC(=O)c2ccc(Cl)cc2)c1)C(=O)O. The Labute approximate surface area is 164 Å².